The van der Waals surface area contributed by atoms with E-state index in [2.05, 4.69) is 0 Å². The topological polar surface area (TPSA) is 72.9 Å². The molecule has 1 heterocycles. The fourth-order valence-electron chi connectivity index (χ4n) is 2.98. The van der Waals surface area contributed by atoms with Crippen molar-refractivity contribution in [3.05, 3.63) is 53.1 Å². The Bertz CT molecular complexity index is 914. The minimum absolute atomic E-state index is 0.0251. The van der Waals surface area contributed by atoms with Gasteiger partial charge in [-0.25, -0.2) is 8.42 Å². The molecule has 0 aliphatic carbocycles. The lowest BCUT2D eigenvalue weighted by Crippen LogP contribution is -2.29. The summed E-state index contributed by atoms with van der Waals surface area (Å²) < 4.78 is 37.6. The molecule has 0 saturated heterocycles. The van der Waals surface area contributed by atoms with E-state index < -0.39 is 22.0 Å². The van der Waals surface area contributed by atoms with E-state index in [1.165, 1.54) is 24.6 Å². The number of hydrogen-bond acceptors (Lipinski definition) is 5. The van der Waals surface area contributed by atoms with E-state index >= 15 is 0 Å². The average molecular weight is 382 g/mol. The number of halogens is 1. The van der Waals surface area contributed by atoms with Gasteiger partial charge in [-0.05, 0) is 18.2 Å². The minimum Gasteiger partial charge on any atom is -0.495 e. The number of para-hydroxylation sites is 1. The maximum Gasteiger partial charge on any atom is 0.307 e. The van der Waals surface area contributed by atoms with E-state index in [1.54, 1.807) is 36.4 Å². The quantitative estimate of drug-likeness (QED) is 0.760. The third kappa shape index (κ3) is 2.94. The van der Waals surface area contributed by atoms with Crippen molar-refractivity contribution in [1.82, 2.24) is 0 Å². The Morgan fingerprint density at radius 3 is 2.48 bits per heavy atom. The zero-order chi connectivity index (χ0) is 18.2. The summed E-state index contributed by atoms with van der Waals surface area (Å²) in [6.07, 6.45) is -0.138. The number of rotatable bonds is 4. The van der Waals surface area contributed by atoms with Crippen molar-refractivity contribution in [2.24, 2.45) is 0 Å². The van der Waals surface area contributed by atoms with Crippen molar-refractivity contribution in [3.8, 4) is 5.75 Å². The number of fused-ring (bicyclic) bond motifs is 1. The zero-order valence-corrected chi connectivity index (χ0v) is 15.2. The highest BCUT2D eigenvalue weighted by atomic mass is 35.5. The third-order valence-electron chi connectivity index (χ3n) is 4.03. The SMILES string of the molecule is COC(=O)CC1c2cc(Cl)cc(OC)c2S(=O)(=O)N1c1ccccc1. The van der Waals surface area contributed by atoms with Gasteiger partial charge in [-0.3, -0.25) is 9.10 Å². The van der Waals surface area contributed by atoms with Crippen LogP contribution in [0.15, 0.2) is 47.4 Å². The number of nitrogens with zero attached hydrogens (tertiary/aromatic N) is 1. The molecule has 8 heteroatoms. The molecule has 0 spiro atoms. The summed E-state index contributed by atoms with van der Waals surface area (Å²) >= 11 is 6.12. The molecule has 0 radical (unpaired) electrons. The Labute approximate surface area is 151 Å². The summed E-state index contributed by atoms with van der Waals surface area (Å²) in [5, 5.41) is 0.329. The molecule has 0 fully saturated rings. The van der Waals surface area contributed by atoms with Crippen molar-refractivity contribution in [1.29, 1.82) is 0 Å². The van der Waals surface area contributed by atoms with Crippen LogP contribution in [0.3, 0.4) is 0 Å². The van der Waals surface area contributed by atoms with Crippen LogP contribution in [0.4, 0.5) is 5.69 Å². The van der Waals surface area contributed by atoms with Gasteiger partial charge in [-0.2, -0.15) is 0 Å². The molecular formula is C17H16ClNO5S. The normalized spacial score (nSPS) is 17.9. The van der Waals surface area contributed by atoms with Crippen LogP contribution in [0.2, 0.25) is 5.02 Å². The highest BCUT2D eigenvalue weighted by Gasteiger charge is 2.46. The van der Waals surface area contributed by atoms with Gasteiger partial charge in [-0.15, -0.1) is 0 Å². The molecule has 1 unspecified atom stereocenters. The van der Waals surface area contributed by atoms with Crippen LogP contribution in [-0.4, -0.2) is 28.6 Å². The van der Waals surface area contributed by atoms with Crippen molar-refractivity contribution in [2.75, 3.05) is 18.5 Å². The molecule has 1 aliphatic rings. The Hall–Kier alpha value is -2.25. The Kier molecular flexibility index (Phi) is 4.62. The van der Waals surface area contributed by atoms with Crippen LogP contribution < -0.4 is 9.04 Å². The lowest BCUT2D eigenvalue weighted by molar-refractivity contribution is -0.141. The molecule has 0 bridgehead atoms. The minimum atomic E-state index is -3.92. The molecule has 2 aromatic rings. The molecule has 132 valence electrons. The first-order valence-corrected chi connectivity index (χ1v) is 9.25. The van der Waals surface area contributed by atoms with E-state index in [9.17, 15) is 13.2 Å². The molecule has 1 aliphatic heterocycles. The van der Waals surface area contributed by atoms with Crippen LogP contribution in [0, 0.1) is 0 Å². The highest BCUT2D eigenvalue weighted by molar-refractivity contribution is 7.93. The van der Waals surface area contributed by atoms with Crippen LogP contribution in [0.5, 0.6) is 5.75 Å². The van der Waals surface area contributed by atoms with Gasteiger partial charge in [0.15, 0.2) is 0 Å². The summed E-state index contributed by atoms with van der Waals surface area (Å²) in [5.41, 5.74) is 0.865. The van der Waals surface area contributed by atoms with E-state index in [1.807, 2.05) is 0 Å². The Balaban J connectivity index is 2.26. The van der Waals surface area contributed by atoms with Gasteiger partial charge in [0.2, 0.25) is 0 Å². The Morgan fingerprint density at radius 2 is 1.88 bits per heavy atom. The van der Waals surface area contributed by atoms with Crippen molar-refractivity contribution in [2.45, 2.75) is 17.4 Å². The molecule has 6 nitrogen and oxygen atoms in total. The maximum absolute atomic E-state index is 13.2. The number of benzene rings is 2. The predicted molar refractivity (Wildman–Crippen MR) is 93.5 cm³/mol. The second kappa shape index (κ2) is 6.57. The first-order chi connectivity index (χ1) is 11.9. The summed E-state index contributed by atoms with van der Waals surface area (Å²) in [7, 11) is -1.28. The number of sulfonamides is 1. The second-order valence-electron chi connectivity index (χ2n) is 5.46. The third-order valence-corrected chi connectivity index (χ3v) is 6.18. The smallest absolute Gasteiger partial charge is 0.307 e. The van der Waals surface area contributed by atoms with Gasteiger partial charge in [0.25, 0.3) is 10.0 Å². The zero-order valence-electron chi connectivity index (χ0n) is 13.6. The highest BCUT2D eigenvalue weighted by Crippen LogP contribution is 2.49. The van der Waals surface area contributed by atoms with Gasteiger partial charge in [0.05, 0.1) is 32.4 Å². The monoisotopic (exact) mass is 381 g/mol. The van der Waals surface area contributed by atoms with Crippen molar-refractivity contribution >= 4 is 33.3 Å². The molecule has 25 heavy (non-hydrogen) atoms. The summed E-state index contributed by atoms with van der Waals surface area (Å²) in [6, 6.07) is 10.8. The number of methoxy groups -OCH3 is 2. The number of esters is 1. The molecule has 3 rings (SSSR count). The van der Waals surface area contributed by atoms with E-state index in [0.717, 1.165) is 0 Å². The standard InChI is InChI=1S/C17H16ClNO5S/c1-23-15-9-11(18)8-13-14(10-16(20)24-2)19(25(21,22)17(13)15)12-6-4-3-5-7-12/h3-9,14H,10H2,1-2H3. The summed E-state index contributed by atoms with van der Waals surface area (Å²) in [6.45, 7) is 0. The lowest BCUT2D eigenvalue weighted by Gasteiger charge is -2.24. The largest absolute Gasteiger partial charge is 0.495 e. The molecule has 2 aromatic carbocycles. The summed E-state index contributed by atoms with van der Waals surface area (Å²) in [5.74, 6) is -0.372. The number of hydrogen-bond donors (Lipinski definition) is 0. The predicted octanol–water partition coefficient (Wildman–Crippen LogP) is 3.16. The van der Waals surface area contributed by atoms with E-state index in [-0.39, 0.29) is 17.1 Å². The van der Waals surface area contributed by atoms with E-state index in [4.69, 9.17) is 21.1 Å². The fourth-order valence-corrected chi connectivity index (χ4v) is 5.21. The van der Waals surface area contributed by atoms with E-state index in [0.29, 0.717) is 16.3 Å². The van der Waals surface area contributed by atoms with Gasteiger partial charge >= 0.3 is 5.97 Å². The molecule has 0 N–H and O–H groups in total. The number of carbonyl (C=O) groups is 1. The fraction of sp³-hybridized carbons (Fsp3) is 0.235. The second-order valence-corrected chi connectivity index (χ2v) is 7.65. The molecule has 0 saturated carbocycles. The molecule has 0 amide bonds. The first kappa shape index (κ1) is 17.6. The molecule has 0 aromatic heterocycles. The first-order valence-electron chi connectivity index (χ1n) is 7.44. The van der Waals surface area contributed by atoms with Crippen molar-refractivity contribution < 1.29 is 22.7 Å². The lowest BCUT2D eigenvalue weighted by atomic mass is 10.0. The molecular weight excluding hydrogens is 366 g/mol. The number of carbonyl (C=O) groups excluding carboxylic acids is 1. The van der Waals surface area contributed by atoms with Crippen LogP contribution >= 0.6 is 11.6 Å². The van der Waals surface area contributed by atoms with Gasteiger partial charge in [-0.1, -0.05) is 29.8 Å². The van der Waals surface area contributed by atoms with Gasteiger partial charge < -0.3 is 9.47 Å². The van der Waals surface area contributed by atoms with Crippen molar-refractivity contribution in [3.63, 3.8) is 0 Å². The summed E-state index contributed by atoms with van der Waals surface area (Å²) in [4.78, 5) is 11.9. The number of anilines is 1. The molecule has 1 atom stereocenters. The Morgan fingerprint density at radius 1 is 1.20 bits per heavy atom. The maximum atomic E-state index is 13.2. The van der Waals surface area contributed by atoms with Crippen LogP contribution in [-0.2, 0) is 19.6 Å². The van der Waals surface area contributed by atoms with Crippen LogP contribution in [0.25, 0.3) is 0 Å². The number of ether oxygens (including phenoxy) is 2. The van der Waals surface area contributed by atoms with Gasteiger partial charge in [0.1, 0.15) is 10.6 Å². The van der Waals surface area contributed by atoms with Crippen LogP contribution in [0.1, 0.15) is 18.0 Å². The average Bonchev–Trinajstić information content (AvgIpc) is 2.81. The van der Waals surface area contributed by atoms with Gasteiger partial charge in [0, 0.05) is 16.7 Å².